The maximum Gasteiger partial charge on any atom is 0.122 e. The zero-order chi connectivity index (χ0) is 11.1. The SMILES string of the molecule is CCOc1ccccc1C(CO)N=[N+]=[N-]. The minimum atomic E-state index is -0.585. The Balaban J connectivity index is 3.04. The highest BCUT2D eigenvalue weighted by atomic mass is 16.5. The first-order chi connectivity index (χ1) is 7.33. The van der Waals surface area contributed by atoms with Crippen LogP contribution in [0, 0.1) is 0 Å². The number of ether oxygens (including phenoxy) is 1. The molecule has 0 aliphatic heterocycles. The van der Waals surface area contributed by atoms with Gasteiger partial charge in [-0.25, -0.2) is 0 Å². The van der Waals surface area contributed by atoms with Gasteiger partial charge in [-0.2, -0.15) is 0 Å². The maximum atomic E-state index is 9.08. The third-order valence-corrected chi connectivity index (χ3v) is 1.94. The molecular formula is C10H13N3O2. The van der Waals surface area contributed by atoms with Crippen molar-refractivity contribution in [2.24, 2.45) is 5.11 Å². The molecule has 1 N–H and O–H groups in total. The molecule has 1 atom stereocenters. The Bertz CT molecular complexity index is 361. The lowest BCUT2D eigenvalue weighted by Crippen LogP contribution is -2.04. The molecule has 1 rings (SSSR count). The molecular weight excluding hydrogens is 194 g/mol. The third-order valence-electron chi connectivity index (χ3n) is 1.94. The average Bonchev–Trinajstić information content (AvgIpc) is 2.27. The summed E-state index contributed by atoms with van der Waals surface area (Å²) in [6, 6.07) is 6.62. The summed E-state index contributed by atoms with van der Waals surface area (Å²) >= 11 is 0. The first-order valence-corrected chi connectivity index (χ1v) is 4.70. The number of hydrogen-bond acceptors (Lipinski definition) is 3. The van der Waals surface area contributed by atoms with Gasteiger partial charge in [0, 0.05) is 10.5 Å². The Morgan fingerprint density at radius 2 is 2.27 bits per heavy atom. The van der Waals surface area contributed by atoms with Crippen molar-refractivity contribution < 1.29 is 9.84 Å². The standard InChI is InChI=1S/C10H13N3O2/c1-2-15-10-6-4-3-5-8(10)9(7-14)12-13-11/h3-6,9,14H,2,7H2,1H3. The number of aliphatic hydroxyl groups excluding tert-OH is 1. The minimum absolute atomic E-state index is 0.228. The molecule has 0 aromatic heterocycles. The average molecular weight is 207 g/mol. The molecule has 0 bridgehead atoms. The van der Waals surface area contributed by atoms with Crippen molar-refractivity contribution in [3.8, 4) is 5.75 Å². The van der Waals surface area contributed by atoms with E-state index in [0.717, 1.165) is 0 Å². The summed E-state index contributed by atoms with van der Waals surface area (Å²) in [6.45, 7) is 2.18. The van der Waals surface area contributed by atoms with E-state index in [4.69, 9.17) is 15.4 Å². The molecule has 15 heavy (non-hydrogen) atoms. The number of azide groups is 1. The number of benzene rings is 1. The fourth-order valence-corrected chi connectivity index (χ4v) is 1.30. The van der Waals surface area contributed by atoms with Crippen molar-refractivity contribution in [1.29, 1.82) is 0 Å². The third kappa shape index (κ3) is 2.87. The quantitative estimate of drug-likeness (QED) is 0.457. The zero-order valence-electron chi connectivity index (χ0n) is 8.50. The highest BCUT2D eigenvalue weighted by Gasteiger charge is 2.12. The van der Waals surface area contributed by atoms with Crippen molar-refractivity contribution in [2.45, 2.75) is 13.0 Å². The normalized spacial score (nSPS) is 11.6. The van der Waals surface area contributed by atoms with Crippen molar-refractivity contribution in [1.82, 2.24) is 0 Å². The summed E-state index contributed by atoms with van der Waals surface area (Å²) in [5, 5.41) is 12.6. The van der Waals surface area contributed by atoms with Crippen LogP contribution >= 0.6 is 0 Å². The number of aliphatic hydroxyl groups is 1. The van der Waals surface area contributed by atoms with E-state index in [2.05, 4.69) is 10.0 Å². The Morgan fingerprint density at radius 1 is 1.53 bits per heavy atom. The van der Waals surface area contributed by atoms with Gasteiger partial charge < -0.3 is 9.84 Å². The predicted molar refractivity (Wildman–Crippen MR) is 56.6 cm³/mol. The Labute approximate surface area is 87.9 Å². The van der Waals surface area contributed by atoms with E-state index in [-0.39, 0.29) is 6.61 Å². The van der Waals surface area contributed by atoms with Crippen LogP contribution in [-0.4, -0.2) is 18.3 Å². The van der Waals surface area contributed by atoms with Crippen LogP contribution in [0.5, 0.6) is 5.75 Å². The van der Waals surface area contributed by atoms with Gasteiger partial charge in [0.15, 0.2) is 0 Å². The van der Waals surface area contributed by atoms with E-state index < -0.39 is 6.04 Å². The molecule has 0 spiro atoms. The molecule has 0 aliphatic rings. The number of rotatable bonds is 5. The van der Waals surface area contributed by atoms with Crippen LogP contribution in [0.15, 0.2) is 29.4 Å². The second kappa shape index (κ2) is 5.90. The van der Waals surface area contributed by atoms with Crippen LogP contribution in [0.25, 0.3) is 10.4 Å². The first-order valence-electron chi connectivity index (χ1n) is 4.70. The molecule has 1 aromatic rings. The molecule has 0 saturated heterocycles. The van der Waals surface area contributed by atoms with Gasteiger partial charge in [0.2, 0.25) is 0 Å². The van der Waals surface area contributed by atoms with Gasteiger partial charge in [0.1, 0.15) is 5.75 Å². The largest absolute Gasteiger partial charge is 0.494 e. The number of para-hydroxylation sites is 1. The van der Waals surface area contributed by atoms with Crippen LogP contribution < -0.4 is 4.74 Å². The van der Waals surface area contributed by atoms with Crippen molar-refractivity contribution >= 4 is 0 Å². The second-order valence-electron chi connectivity index (χ2n) is 2.87. The fraction of sp³-hybridized carbons (Fsp3) is 0.400. The van der Waals surface area contributed by atoms with Gasteiger partial charge in [-0.1, -0.05) is 23.3 Å². The summed E-state index contributed by atoms with van der Waals surface area (Å²) < 4.78 is 5.37. The van der Waals surface area contributed by atoms with Crippen LogP contribution in [-0.2, 0) is 0 Å². The van der Waals surface area contributed by atoms with Gasteiger partial charge in [0.25, 0.3) is 0 Å². The number of hydrogen-bond donors (Lipinski definition) is 1. The van der Waals surface area contributed by atoms with Crippen molar-refractivity contribution in [2.75, 3.05) is 13.2 Å². The lowest BCUT2D eigenvalue weighted by atomic mass is 10.1. The molecule has 1 aromatic carbocycles. The van der Waals surface area contributed by atoms with E-state index in [0.29, 0.717) is 17.9 Å². The molecule has 0 saturated carbocycles. The Hall–Kier alpha value is -1.71. The predicted octanol–water partition coefficient (Wildman–Crippen LogP) is 2.43. The summed E-state index contributed by atoms with van der Waals surface area (Å²) in [5.41, 5.74) is 9.06. The monoisotopic (exact) mass is 207 g/mol. The highest BCUT2D eigenvalue weighted by molar-refractivity contribution is 5.36. The fourth-order valence-electron chi connectivity index (χ4n) is 1.30. The van der Waals surface area contributed by atoms with Crippen LogP contribution in [0.1, 0.15) is 18.5 Å². The summed E-state index contributed by atoms with van der Waals surface area (Å²) in [6.07, 6.45) is 0. The molecule has 0 radical (unpaired) electrons. The molecule has 0 heterocycles. The van der Waals surface area contributed by atoms with Crippen LogP contribution in [0.3, 0.4) is 0 Å². The maximum absolute atomic E-state index is 9.08. The van der Waals surface area contributed by atoms with E-state index in [9.17, 15) is 0 Å². The Kier molecular flexibility index (Phi) is 4.47. The van der Waals surface area contributed by atoms with Crippen molar-refractivity contribution in [3.63, 3.8) is 0 Å². The Morgan fingerprint density at radius 3 is 2.87 bits per heavy atom. The van der Waals surface area contributed by atoms with Crippen LogP contribution in [0.2, 0.25) is 0 Å². The molecule has 1 unspecified atom stereocenters. The number of nitrogens with zero attached hydrogens (tertiary/aromatic N) is 3. The van der Waals surface area contributed by atoms with Gasteiger partial charge in [0.05, 0.1) is 19.3 Å². The van der Waals surface area contributed by atoms with Gasteiger partial charge >= 0.3 is 0 Å². The van der Waals surface area contributed by atoms with Gasteiger partial charge in [-0.15, -0.1) is 0 Å². The van der Waals surface area contributed by atoms with Gasteiger partial charge in [-0.3, -0.25) is 0 Å². The van der Waals surface area contributed by atoms with Crippen molar-refractivity contribution in [3.05, 3.63) is 40.3 Å². The van der Waals surface area contributed by atoms with Crippen LogP contribution in [0.4, 0.5) is 0 Å². The molecule has 80 valence electrons. The van der Waals surface area contributed by atoms with E-state index in [1.165, 1.54) is 0 Å². The summed E-state index contributed by atoms with van der Waals surface area (Å²) in [5.74, 6) is 0.645. The smallest absolute Gasteiger partial charge is 0.122 e. The molecule has 0 aliphatic carbocycles. The summed E-state index contributed by atoms with van der Waals surface area (Å²) in [4.78, 5) is 2.69. The van der Waals surface area contributed by atoms with E-state index >= 15 is 0 Å². The highest BCUT2D eigenvalue weighted by Crippen LogP contribution is 2.27. The lowest BCUT2D eigenvalue weighted by molar-refractivity contribution is 0.261. The van der Waals surface area contributed by atoms with Gasteiger partial charge in [-0.05, 0) is 18.5 Å². The molecule has 5 heteroatoms. The zero-order valence-corrected chi connectivity index (χ0v) is 8.50. The molecule has 0 amide bonds. The lowest BCUT2D eigenvalue weighted by Gasteiger charge is -2.13. The minimum Gasteiger partial charge on any atom is -0.494 e. The van der Waals surface area contributed by atoms with E-state index in [1.807, 2.05) is 19.1 Å². The molecule has 5 nitrogen and oxygen atoms in total. The van der Waals surface area contributed by atoms with E-state index in [1.54, 1.807) is 12.1 Å². The first kappa shape index (κ1) is 11.4. The second-order valence-corrected chi connectivity index (χ2v) is 2.87. The molecule has 0 fully saturated rings. The topological polar surface area (TPSA) is 78.2 Å². The summed E-state index contributed by atoms with van der Waals surface area (Å²) in [7, 11) is 0.